The second kappa shape index (κ2) is 4.53. The van der Waals surface area contributed by atoms with Gasteiger partial charge in [-0.05, 0) is 5.56 Å². The number of aldehydes is 1. The number of hydrazine groups is 1. The summed E-state index contributed by atoms with van der Waals surface area (Å²) in [5, 5.41) is 1.54. The Balaban J connectivity index is 2.23. The number of morpholine rings is 1. The Hall–Kier alpha value is -1.23. The number of rotatable bonds is 2. The summed E-state index contributed by atoms with van der Waals surface area (Å²) < 4.78 is 5.58. The second-order valence-corrected chi connectivity index (χ2v) is 3.57. The molecule has 2 rings (SSSR count). The van der Waals surface area contributed by atoms with Crippen molar-refractivity contribution >= 4 is 6.29 Å². The van der Waals surface area contributed by atoms with Crippen molar-refractivity contribution in [2.75, 3.05) is 13.2 Å². The molecule has 4 heteroatoms. The van der Waals surface area contributed by atoms with Crippen LogP contribution >= 0.6 is 0 Å². The lowest BCUT2D eigenvalue weighted by molar-refractivity contribution is -0.127. The first-order valence-corrected chi connectivity index (χ1v) is 4.96. The van der Waals surface area contributed by atoms with Gasteiger partial charge in [0, 0.05) is 6.54 Å². The lowest BCUT2D eigenvalue weighted by Crippen LogP contribution is -2.51. The van der Waals surface area contributed by atoms with Gasteiger partial charge in [0.25, 0.3) is 0 Å². The molecule has 15 heavy (non-hydrogen) atoms. The smallest absolute Gasteiger partial charge is 0.141 e. The van der Waals surface area contributed by atoms with Crippen molar-refractivity contribution in [3.63, 3.8) is 0 Å². The van der Waals surface area contributed by atoms with E-state index in [1.807, 2.05) is 30.3 Å². The second-order valence-electron chi connectivity index (χ2n) is 3.57. The Morgan fingerprint density at radius 1 is 1.40 bits per heavy atom. The molecule has 0 bridgehead atoms. The Labute approximate surface area is 88.6 Å². The van der Waals surface area contributed by atoms with Crippen LogP contribution in [0.3, 0.4) is 0 Å². The molecule has 0 amide bonds. The van der Waals surface area contributed by atoms with Crippen molar-refractivity contribution in [1.82, 2.24) is 5.01 Å². The Bertz CT molecular complexity index is 329. The molecule has 1 saturated heterocycles. The van der Waals surface area contributed by atoms with E-state index in [9.17, 15) is 4.79 Å². The zero-order valence-corrected chi connectivity index (χ0v) is 8.37. The molecule has 80 valence electrons. The summed E-state index contributed by atoms with van der Waals surface area (Å²) in [7, 11) is 0. The lowest BCUT2D eigenvalue weighted by atomic mass is 10.0. The molecule has 0 saturated carbocycles. The van der Waals surface area contributed by atoms with Crippen LogP contribution in [-0.4, -0.2) is 30.5 Å². The maximum atomic E-state index is 11.0. The zero-order valence-electron chi connectivity index (χ0n) is 8.37. The van der Waals surface area contributed by atoms with Crippen LogP contribution in [-0.2, 0) is 9.53 Å². The van der Waals surface area contributed by atoms with Crippen LogP contribution in [0.25, 0.3) is 0 Å². The van der Waals surface area contributed by atoms with E-state index in [1.54, 1.807) is 0 Å². The molecule has 1 aliphatic rings. The summed E-state index contributed by atoms with van der Waals surface area (Å²) in [5.74, 6) is 5.74. The SMILES string of the molecule is NN1CCOC(c2ccccc2)C1C=O. The Kier molecular flexibility index (Phi) is 3.11. The van der Waals surface area contributed by atoms with E-state index in [4.69, 9.17) is 10.6 Å². The van der Waals surface area contributed by atoms with Crippen LogP contribution in [0.15, 0.2) is 30.3 Å². The van der Waals surface area contributed by atoms with Gasteiger partial charge in [-0.1, -0.05) is 30.3 Å². The number of hydrogen-bond donors (Lipinski definition) is 1. The summed E-state index contributed by atoms with van der Waals surface area (Å²) in [6, 6.07) is 9.29. The molecule has 2 N–H and O–H groups in total. The van der Waals surface area contributed by atoms with Gasteiger partial charge < -0.3 is 9.53 Å². The molecule has 4 nitrogen and oxygen atoms in total. The third-order valence-electron chi connectivity index (χ3n) is 2.61. The zero-order chi connectivity index (χ0) is 10.7. The van der Waals surface area contributed by atoms with Gasteiger partial charge >= 0.3 is 0 Å². The predicted octanol–water partition coefficient (Wildman–Crippen LogP) is 0.501. The predicted molar refractivity (Wildman–Crippen MR) is 55.9 cm³/mol. The van der Waals surface area contributed by atoms with E-state index in [2.05, 4.69) is 0 Å². The lowest BCUT2D eigenvalue weighted by Gasteiger charge is -2.35. The van der Waals surface area contributed by atoms with Crippen LogP contribution in [0.4, 0.5) is 0 Å². The molecular weight excluding hydrogens is 192 g/mol. The number of carbonyl (C=O) groups is 1. The highest BCUT2D eigenvalue weighted by molar-refractivity contribution is 5.59. The average molecular weight is 206 g/mol. The maximum absolute atomic E-state index is 11.0. The van der Waals surface area contributed by atoms with E-state index in [0.29, 0.717) is 13.2 Å². The Morgan fingerprint density at radius 3 is 2.80 bits per heavy atom. The fourth-order valence-electron chi connectivity index (χ4n) is 1.79. The molecule has 1 aromatic rings. The largest absolute Gasteiger partial charge is 0.370 e. The summed E-state index contributed by atoms with van der Waals surface area (Å²) in [6.07, 6.45) is 0.596. The topological polar surface area (TPSA) is 55.6 Å². The van der Waals surface area contributed by atoms with Crippen LogP contribution < -0.4 is 5.84 Å². The molecule has 0 radical (unpaired) electrons. The first kappa shape index (κ1) is 10.3. The molecule has 2 unspecified atom stereocenters. The summed E-state index contributed by atoms with van der Waals surface area (Å²) in [4.78, 5) is 11.0. The molecule has 2 atom stereocenters. The highest BCUT2D eigenvalue weighted by Gasteiger charge is 2.31. The van der Waals surface area contributed by atoms with Crippen LogP contribution in [0, 0.1) is 0 Å². The first-order chi connectivity index (χ1) is 7.33. The number of benzene rings is 1. The van der Waals surface area contributed by atoms with Gasteiger partial charge in [-0.3, -0.25) is 5.84 Å². The van der Waals surface area contributed by atoms with Gasteiger partial charge in [0.15, 0.2) is 0 Å². The monoisotopic (exact) mass is 206 g/mol. The number of hydrogen-bond acceptors (Lipinski definition) is 4. The highest BCUT2D eigenvalue weighted by atomic mass is 16.5. The minimum absolute atomic E-state index is 0.248. The van der Waals surface area contributed by atoms with E-state index in [1.165, 1.54) is 5.01 Å². The molecule has 0 aromatic heterocycles. The van der Waals surface area contributed by atoms with E-state index >= 15 is 0 Å². The minimum Gasteiger partial charge on any atom is -0.370 e. The third kappa shape index (κ3) is 2.07. The van der Waals surface area contributed by atoms with E-state index in [0.717, 1.165) is 11.8 Å². The van der Waals surface area contributed by atoms with Crippen LogP contribution in [0.1, 0.15) is 11.7 Å². The first-order valence-electron chi connectivity index (χ1n) is 4.96. The normalized spacial score (nSPS) is 27.5. The summed E-state index contributed by atoms with van der Waals surface area (Å²) >= 11 is 0. The fraction of sp³-hybridized carbons (Fsp3) is 0.364. The maximum Gasteiger partial charge on any atom is 0.141 e. The van der Waals surface area contributed by atoms with E-state index in [-0.39, 0.29) is 12.1 Å². The van der Waals surface area contributed by atoms with Gasteiger partial charge in [0.1, 0.15) is 18.4 Å². The molecular formula is C11H14N2O2. The summed E-state index contributed by atoms with van der Waals surface area (Å²) in [5.41, 5.74) is 0.991. The number of nitrogens with two attached hydrogens (primary N) is 1. The van der Waals surface area contributed by atoms with Crippen molar-refractivity contribution in [2.24, 2.45) is 5.84 Å². The van der Waals surface area contributed by atoms with Crippen LogP contribution in [0.5, 0.6) is 0 Å². The van der Waals surface area contributed by atoms with Crippen LogP contribution in [0.2, 0.25) is 0 Å². The van der Waals surface area contributed by atoms with Gasteiger partial charge in [0.2, 0.25) is 0 Å². The van der Waals surface area contributed by atoms with Gasteiger partial charge in [-0.25, -0.2) is 5.01 Å². The quantitative estimate of drug-likeness (QED) is 0.565. The van der Waals surface area contributed by atoms with Crippen molar-refractivity contribution < 1.29 is 9.53 Å². The number of carbonyl (C=O) groups excluding carboxylic acids is 1. The minimum atomic E-state index is -0.388. The van der Waals surface area contributed by atoms with Gasteiger partial charge in [0.05, 0.1) is 6.61 Å². The number of ether oxygens (including phenoxy) is 1. The van der Waals surface area contributed by atoms with Crippen molar-refractivity contribution in [3.05, 3.63) is 35.9 Å². The van der Waals surface area contributed by atoms with Crippen molar-refractivity contribution in [1.29, 1.82) is 0 Å². The van der Waals surface area contributed by atoms with Gasteiger partial charge in [-0.15, -0.1) is 0 Å². The highest BCUT2D eigenvalue weighted by Crippen LogP contribution is 2.25. The molecule has 1 aliphatic heterocycles. The number of nitrogens with zero attached hydrogens (tertiary/aromatic N) is 1. The molecule has 1 fully saturated rings. The molecule has 0 aliphatic carbocycles. The third-order valence-corrected chi connectivity index (χ3v) is 2.61. The van der Waals surface area contributed by atoms with Gasteiger partial charge in [-0.2, -0.15) is 0 Å². The molecule has 0 spiro atoms. The average Bonchev–Trinajstić information content (AvgIpc) is 2.30. The van der Waals surface area contributed by atoms with E-state index < -0.39 is 0 Å². The molecule has 1 aromatic carbocycles. The standard InChI is InChI=1S/C11H14N2O2/c12-13-6-7-15-11(10(13)8-14)9-4-2-1-3-5-9/h1-5,8,10-11H,6-7,12H2. The Morgan fingerprint density at radius 2 is 2.13 bits per heavy atom. The molecule has 1 heterocycles. The van der Waals surface area contributed by atoms with Crippen molar-refractivity contribution in [3.8, 4) is 0 Å². The fourth-order valence-corrected chi connectivity index (χ4v) is 1.79. The van der Waals surface area contributed by atoms with Crippen molar-refractivity contribution in [2.45, 2.75) is 12.1 Å². The summed E-state index contributed by atoms with van der Waals surface area (Å²) in [6.45, 7) is 1.15.